The minimum atomic E-state index is -0.185. The molecule has 1 unspecified atom stereocenters. The highest BCUT2D eigenvalue weighted by atomic mass is 35.5. The molecular weight excluding hydrogens is 275 g/mol. The molecule has 0 radical (unpaired) electrons. The van der Waals surface area contributed by atoms with E-state index in [2.05, 4.69) is 10.2 Å². The van der Waals surface area contributed by atoms with E-state index in [-0.39, 0.29) is 5.82 Å². The van der Waals surface area contributed by atoms with Crippen molar-refractivity contribution < 1.29 is 4.39 Å². The van der Waals surface area contributed by atoms with Crippen LogP contribution in [0.25, 0.3) is 0 Å². The fraction of sp³-hybridized carbons (Fsp3) is 0.625. The number of hydrogen-bond acceptors (Lipinski definition) is 2. The van der Waals surface area contributed by atoms with Crippen LogP contribution in [0.2, 0.25) is 5.02 Å². The van der Waals surface area contributed by atoms with Crippen LogP contribution in [0.4, 0.5) is 4.39 Å². The maximum absolute atomic E-state index is 13.8. The second-order valence-electron chi connectivity index (χ2n) is 6.13. The first-order chi connectivity index (χ1) is 9.72. The summed E-state index contributed by atoms with van der Waals surface area (Å²) in [6.07, 6.45) is 5.15. The van der Waals surface area contributed by atoms with Crippen LogP contribution in [-0.4, -0.2) is 30.6 Å². The smallest absolute Gasteiger partial charge is 0.129 e. The lowest BCUT2D eigenvalue weighted by atomic mass is 9.97. The third kappa shape index (κ3) is 3.72. The zero-order valence-electron chi connectivity index (χ0n) is 11.7. The number of likely N-dealkylation sites (tertiary alicyclic amines) is 1. The average Bonchev–Trinajstić information content (AvgIpc) is 3.26. The fourth-order valence-electron chi connectivity index (χ4n) is 2.99. The van der Waals surface area contributed by atoms with Crippen molar-refractivity contribution in [1.82, 2.24) is 10.2 Å². The normalized spacial score (nSPS) is 24.0. The van der Waals surface area contributed by atoms with E-state index in [4.69, 9.17) is 11.6 Å². The summed E-state index contributed by atoms with van der Waals surface area (Å²) in [6, 6.07) is 5.71. The van der Waals surface area contributed by atoms with Crippen LogP contribution >= 0.6 is 11.6 Å². The molecule has 4 heteroatoms. The summed E-state index contributed by atoms with van der Waals surface area (Å²) in [7, 11) is 0. The standard InChI is InChI=1S/C16H22ClFN2/c17-15-4-1-5-16(18)14(15)11-20-8-2-3-12(10-20)9-19-13-6-7-13/h1,4-5,12-13,19H,2-3,6-11H2. The maximum Gasteiger partial charge on any atom is 0.129 e. The Morgan fingerprint density at radius 1 is 1.30 bits per heavy atom. The van der Waals surface area contributed by atoms with Gasteiger partial charge in [0.2, 0.25) is 0 Å². The number of halogens is 2. The highest BCUT2D eigenvalue weighted by molar-refractivity contribution is 6.31. The Kier molecular flexibility index (Phi) is 4.59. The van der Waals surface area contributed by atoms with Crippen LogP contribution in [0, 0.1) is 11.7 Å². The van der Waals surface area contributed by atoms with Gasteiger partial charge in [-0.15, -0.1) is 0 Å². The number of piperidine rings is 1. The molecule has 2 aliphatic rings. The summed E-state index contributed by atoms with van der Waals surface area (Å²) in [6.45, 7) is 3.83. The Balaban J connectivity index is 1.56. The molecule has 0 aromatic heterocycles. The Bertz CT molecular complexity index is 442. The molecule has 0 amide bonds. The zero-order valence-corrected chi connectivity index (χ0v) is 12.5. The molecule has 20 heavy (non-hydrogen) atoms. The molecule has 1 N–H and O–H groups in total. The van der Waals surface area contributed by atoms with E-state index in [0.29, 0.717) is 23.0 Å². The quantitative estimate of drug-likeness (QED) is 0.895. The number of rotatable bonds is 5. The van der Waals surface area contributed by atoms with Crippen molar-refractivity contribution in [2.24, 2.45) is 5.92 Å². The van der Waals surface area contributed by atoms with E-state index in [1.807, 2.05) is 0 Å². The molecule has 1 aliphatic heterocycles. The molecular formula is C16H22ClFN2. The number of nitrogens with one attached hydrogen (secondary N) is 1. The van der Waals surface area contributed by atoms with Crippen LogP contribution < -0.4 is 5.32 Å². The van der Waals surface area contributed by atoms with Crippen molar-refractivity contribution in [3.63, 3.8) is 0 Å². The van der Waals surface area contributed by atoms with Crippen LogP contribution in [-0.2, 0) is 6.54 Å². The van der Waals surface area contributed by atoms with E-state index < -0.39 is 0 Å². The molecule has 0 spiro atoms. The largest absolute Gasteiger partial charge is 0.314 e. The molecule has 2 fully saturated rings. The predicted molar refractivity (Wildman–Crippen MR) is 80.4 cm³/mol. The number of benzene rings is 1. The molecule has 0 bridgehead atoms. The topological polar surface area (TPSA) is 15.3 Å². The van der Waals surface area contributed by atoms with Crippen molar-refractivity contribution in [3.8, 4) is 0 Å². The van der Waals surface area contributed by atoms with Gasteiger partial charge in [-0.25, -0.2) is 4.39 Å². The lowest BCUT2D eigenvalue weighted by Gasteiger charge is -2.33. The monoisotopic (exact) mass is 296 g/mol. The molecule has 110 valence electrons. The molecule has 1 saturated carbocycles. The van der Waals surface area contributed by atoms with Gasteiger partial charge in [0.25, 0.3) is 0 Å². The van der Waals surface area contributed by atoms with E-state index in [1.165, 1.54) is 31.7 Å². The Morgan fingerprint density at radius 3 is 2.90 bits per heavy atom. The maximum atomic E-state index is 13.8. The highest BCUT2D eigenvalue weighted by Gasteiger charge is 2.25. The van der Waals surface area contributed by atoms with Gasteiger partial charge in [0, 0.05) is 29.7 Å². The molecule has 1 aromatic carbocycles. The minimum Gasteiger partial charge on any atom is -0.314 e. The molecule has 3 rings (SSSR count). The Morgan fingerprint density at radius 2 is 2.15 bits per heavy atom. The van der Waals surface area contributed by atoms with E-state index in [9.17, 15) is 4.39 Å². The van der Waals surface area contributed by atoms with E-state index in [1.54, 1.807) is 12.1 Å². The van der Waals surface area contributed by atoms with Gasteiger partial charge < -0.3 is 5.32 Å². The van der Waals surface area contributed by atoms with Crippen LogP contribution in [0.1, 0.15) is 31.2 Å². The SMILES string of the molecule is Fc1cccc(Cl)c1CN1CCCC(CNC2CC2)C1. The minimum absolute atomic E-state index is 0.185. The number of hydrogen-bond donors (Lipinski definition) is 1. The van der Waals surface area contributed by atoms with E-state index in [0.717, 1.165) is 25.7 Å². The lowest BCUT2D eigenvalue weighted by Crippen LogP contribution is -2.39. The third-order valence-electron chi connectivity index (χ3n) is 4.32. The summed E-state index contributed by atoms with van der Waals surface area (Å²) in [5.74, 6) is 0.505. The van der Waals surface area contributed by atoms with Crippen molar-refractivity contribution in [2.45, 2.75) is 38.3 Å². The van der Waals surface area contributed by atoms with Gasteiger partial charge in [-0.2, -0.15) is 0 Å². The third-order valence-corrected chi connectivity index (χ3v) is 4.67. The second kappa shape index (κ2) is 6.42. The zero-order chi connectivity index (χ0) is 13.9. The van der Waals surface area contributed by atoms with Gasteiger partial charge in [0.05, 0.1) is 0 Å². The van der Waals surface area contributed by atoms with Crippen molar-refractivity contribution >= 4 is 11.6 Å². The summed E-state index contributed by atoms with van der Waals surface area (Å²) in [5.41, 5.74) is 0.643. The Hall–Kier alpha value is -0.640. The second-order valence-corrected chi connectivity index (χ2v) is 6.53. The van der Waals surface area contributed by atoms with Gasteiger partial charge in [0.1, 0.15) is 5.82 Å². The molecule has 1 aromatic rings. The first-order valence-corrected chi connectivity index (χ1v) is 7.99. The van der Waals surface area contributed by atoms with E-state index >= 15 is 0 Å². The van der Waals surface area contributed by atoms with Crippen LogP contribution in [0.5, 0.6) is 0 Å². The number of nitrogens with zero attached hydrogens (tertiary/aromatic N) is 1. The molecule has 1 aliphatic carbocycles. The molecule has 2 nitrogen and oxygen atoms in total. The van der Waals surface area contributed by atoms with Gasteiger partial charge in [-0.05, 0) is 56.8 Å². The van der Waals surface area contributed by atoms with Crippen LogP contribution in [0.15, 0.2) is 18.2 Å². The summed E-state index contributed by atoms with van der Waals surface area (Å²) < 4.78 is 13.8. The van der Waals surface area contributed by atoms with Gasteiger partial charge in [-0.3, -0.25) is 4.90 Å². The lowest BCUT2D eigenvalue weighted by molar-refractivity contribution is 0.163. The predicted octanol–water partition coefficient (Wildman–Crippen LogP) is 3.44. The summed E-state index contributed by atoms with van der Waals surface area (Å²) in [4.78, 5) is 2.34. The van der Waals surface area contributed by atoms with Crippen LogP contribution in [0.3, 0.4) is 0 Å². The highest BCUT2D eigenvalue weighted by Crippen LogP contribution is 2.25. The molecule has 1 atom stereocenters. The fourth-order valence-corrected chi connectivity index (χ4v) is 3.21. The first kappa shape index (κ1) is 14.3. The summed E-state index contributed by atoms with van der Waals surface area (Å²) in [5, 5.41) is 4.15. The van der Waals surface area contributed by atoms with Gasteiger partial charge in [0.15, 0.2) is 0 Å². The van der Waals surface area contributed by atoms with Crippen molar-refractivity contribution in [1.29, 1.82) is 0 Å². The first-order valence-electron chi connectivity index (χ1n) is 7.61. The van der Waals surface area contributed by atoms with Crippen molar-refractivity contribution in [3.05, 3.63) is 34.6 Å². The van der Waals surface area contributed by atoms with Gasteiger partial charge >= 0.3 is 0 Å². The van der Waals surface area contributed by atoms with Gasteiger partial charge in [-0.1, -0.05) is 17.7 Å². The molecule has 1 heterocycles. The molecule has 1 saturated heterocycles. The summed E-state index contributed by atoms with van der Waals surface area (Å²) >= 11 is 6.12. The van der Waals surface area contributed by atoms with Crippen molar-refractivity contribution in [2.75, 3.05) is 19.6 Å². The Labute approximate surface area is 125 Å². The average molecular weight is 297 g/mol.